The molecule has 4 atom stereocenters. The molecule has 7 nitrogen and oxygen atoms in total. The quantitative estimate of drug-likeness (QED) is 0.643. The first kappa shape index (κ1) is 23.8. The number of nitrogens with one attached hydrogen (secondary N) is 1. The lowest BCUT2D eigenvalue weighted by Crippen LogP contribution is -2.31. The van der Waals surface area contributed by atoms with Crippen LogP contribution in [0.25, 0.3) is 0 Å². The smallest absolute Gasteiger partial charge is 0.352 e. The van der Waals surface area contributed by atoms with Crippen LogP contribution in [0.15, 0.2) is 29.1 Å². The number of hydrogen-bond donors (Lipinski definition) is 1. The highest BCUT2D eigenvalue weighted by molar-refractivity contribution is 5.84. The molecule has 0 spiro atoms. The van der Waals surface area contributed by atoms with E-state index in [2.05, 4.69) is 15.2 Å². The predicted octanol–water partition coefficient (Wildman–Crippen LogP) is 3.14. The molecule has 35 heavy (non-hydrogen) atoms. The summed E-state index contributed by atoms with van der Waals surface area (Å²) in [5.41, 5.74) is 0.0411. The zero-order valence-corrected chi connectivity index (χ0v) is 19.4. The molecule has 1 aromatic heterocycles. The van der Waals surface area contributed by atoms with Crippen molar-refractivity contribution in [2.45, 2.75) is 69.9 Å². The van der Waals surface area contributed by atoms with Gasteiger partial charge in [-0.25, -0.2) is 18.0 Å². The second-order valence-corrected chi connectivity index (χ2v) is 9.76. The molecule has 0 bridgehead atoms. The summed E-state index contributed by atoms with van der Waals surface area (Å²) in [4.78, 5) is 31.3. The summed E-state index contributed by atoms with van der Waals surface area (Å²) < 4.78 is 47.3. The Bertz CT molecular complexity index is 1160. The fourth-order valence-electron chi connectivity index (χ4n) is 5.43. The Hall–Kier alpha value is -2.88. The Labute approximate surface area is 201 Å². The van der Waals surface area contributed by atoms with E-state index in [0.717, 1.165) is 50.2 Å². The number of carbonyl (C=O) groups excluding carboxylic acids is 1. The molecule has 3 aliphatic heterocycles. The Morgan fingerprint density at radius 2 is 2.03 bits per heavy atom. The Kier molecular flexibility index (Phi) is 6.82. The van der Waals surface area contributed by atoms with E-state index in [-0.39, 0.29) is 43.3 Å². The lowest BCUT2D eigenvalue weighted by molar-refractivity contribution is -0.121. The van der Waals surface area contributed by atoms with Crippen molar-refractivity contribution in [1.82, 2.24) is 14.9 Å². The lowest BCUT2D eigenvalue weighted by Gasteiger charge is -2.23. The normalized spacial score (nSPS) is 25.7. The average molecular weight is 491 g/mol. The third-order valence-corrected chi connectivity index (χ3v) is 7.42. The number of hydrogen-bond acceptors (Lipinski definition) is 6. The number of fused-ring (bicyclic) bond motifs is 3. The molecule has 1 aromatic carbocycles. The lowest BCUT2D eigenvalue weighted by atomic mass is 9.92. The molecule has 2 fully saturated rings. The topological polar surface area (TPSA) is 76.5 Å². The summed E-state index contributed by atoms with van der Waals surface area (Å²) in [5, 5.41) is 2.97. The van der Waals surface area contributed by atoms with Crippen molar-refractivity contribution in [1.29, 1.82) is 0 Å². The third-order valence-electron chi connectivity index (χ3n) is 7.42. The van der Waals surface area contributed by atoms with Crippen LogP contribution in [0.3, 0.4) is 0 Å². The van der Waals surface area contributed by atoms with Gasteiger partial charge >= 0.3 is 5.69 Å². The van der Waals surface area contributed by atoms with E-state index in [1.54, 1.807) is 10.6 Å². The van der Waals surface area contributed by atoms with Gasteiger partial charge in [0.15, 0.2) is 11.6 Å². The van der Waals surface area contributed by atoms with Gasteiger partial charge in [-0.05, 0) is 49.3 Å². The zero-order valence-electron chi connectivity index (χ0n) is 19.4. The SMILES string of the molecule is O=C(CCC1CCC2Cn3c(cc(OCc4ccc(F)c(F)c4)nc3=O)N2CC1)[C@@H]1C[C@H](F)CN1. The van der Waals surface area contributed by atoms with Crippen LogP contribution in [-0.4, -0.2) is 46.7 Å². The van der Waals surface area contributed by atoms with Crippen molar-refractivity contribution in [2.75, 3.05) is 18.0 Å². The molecule has 0 radical (unpaired) electrons. The second-order valence-electron chi connectivity index (χ2n) is 9.76. The van der Waals surface area contributed by atoms with E-state index in [4.69, 9.17) is 4.74 Å². The number of nitrogens with zero attached hydrogens (tertiary/aromatic N) is 3. The van der Waals surface area contributed by atoms with Crippen LogP contribution in [0.5, 0.6) is 5.88 Å². The third kappa shape index (κ3) is 5.22. The van der Waals surface area contributed by atoms with E-state index < -0.39 is 23.5 Å². The van der Waals surface area contributed by atoms with E-state index in [0.29, 0.717) is 24.4 Å². The largest absolute Gasteiger partial charge is 0.473 e. The van der Waals surface area contributed by atoms with E-state index in [1.807, 2.05) is 0 Å². The van der Waals surface area contributed by atoms with Crippen LogP contribution in [0.1, 0.15) is 44.1 Å². The van der Waals surface area contributed by atoms with Crippen LogP contribution in [0.4, 0.5) is 19.0 Å². The summed E-state index contributed by atoms with van der Waals surface area (Å²) >= 11 is 0. The number of anilines is 1. The first-order valence-corrected chi connectivity index (χ1v) is 12.2. The number of carbonyl (C=O) groups is 1. The number of alkyl halides is 1. The zero-order chi connectivity index (χ0) is 24.5. The fourth-order valence-corrected chi connectivity index (χ4v) is 5.43. The number of rotatable bonds is 7. The Morgan fingerprint density at radius 3 is 2.80 bits per heavy atom. The van der Waals surface area contributed by atoms with Gasteiger partial charge in [0.1, 0.15) is 24.4 Å². The molecule has 1 N–H and O–H groups in total. The van der Waals surface area contributed by atoms with Crippen LogP contribution in [-0.2, 0) is 17.9 Å². The molecule has 2 saturated heterocycles. The number of ketones is 1. The van der Waals surface area contributed by atoms with Gasteiger partial charge in [-0.1, -0.05) is 6.07 Å². The van der Waals surface area contributed by atoms with Crippen LogP contribution < -0.4 is 20.6 Å². The molecule has 0 aliphatic carbocycles. The second kappa shape index (κ2) is 10.0. The molecule has 0 amide bonds. The summed E-state index contributed by atoms with van der Waals surface area (Å²) in [5.74, 6) is -0.493. The van der Waals surface area contributed by atoms with E-state index >= 15 is 0 Å². The van der Waals surface area contributed by atoms with Gasteiger partial charge in [-0.3, -0.25) is 9.36 Å². The molecule has 4 heterocycles. The van der Waals surface area contributed by atoms with Crippen molar-refractivity contribution in [2.24, 2.45) is 5.92 Å². The maximum absolute atomic E-state index is 13.5. The average Bonchev–Trinajstić information content (AvgIpc) is 3.36. The maximum Gasteiger partial charge on any atom is 0.352 e. The van der Waals surface area contributed by atoms with Crippen LogP contribution in [0.2, 0.25) is 0 Å². The van der Waals surface area contributed by atoms with Gasteiger partial charge in [0, 0.05) is 44.6 Å². The minimum Gasteiger partial charge on any atom is -0.473 e. The molecule has 2 aromatic rings. The summed E-state index contributed by atoms with van der Waals surface area (Å²) in [6.07, 6.45) is 3.36. The van der Waals surface area contributed by atoms with Crippen LogP contribution in [0, 0.1) is 17.6 Å². The number of benzene rings is 1. The van der Waals surface area contributed by atoms with Gasteiger partial charge in [0.25, 0.3) is 0 Å². The molecular weight excluding hydrogens is 461 g/mol. The predicted molar refractivity (Wildman–Crippen MR) is 123 cm³/mol. The van der Waals surface area contributed by atoms with Gasteiger partial charge in [0.2, 0.25) is 5.88 Å². The minimum absolute atomic E-state index is 0.0361. The molecular formula is C25H29F3N4O3. The van der Waals surface area contributed by atoms with Gasteiger partial charge < -0.3 is 15.0 Å². The molecule has 188 valence electrons. The molecule has 2 unspecified atom stereocenters. The summed E-state index contributed by atoms with van der Waals surface area (Å²) in [7, 11) is 0. The van der Waals surface area contributed by atoms with Crippen molar-refractivity contribution < 1.29 is 22.7 Å². The van der Waals surface area contributed by atoms with Gasteiger partial charge in [-0.15, -0.1) is 0 Å². The number of Topliss-reactive ketones (excluding diaryl/α,β-unsaturated/α-hetero) is 1. The molecule has 3 aliphatic rings. The highest BCUT2D eigenvalue weighted by Gasteiger charge is 2.35. The highest BCUT2D eigenvalue weighted by Crippen LogP contribution is 2.34. The van der Waals surface area contributed by atoms with Crippen molar-refractivity contribution >= 4 is 11.6 Å². The number of halogens is 3. The first-order valence-electron chi connectivity index (χ1n) is 12.2. The van der Waals surface area contributed by atoms with Crippen LogP contribution >= 0.6 is 0 Å². The summed E-state index contributed by atoms with van der Waals surface area (Å²) in [6, 6.07) is 5.07. The van der Waals surface area contributed by atoms with Crippen molar-refractivity contribution in [3.63, 3.8) is 0 Å². The monoisotopic (exact) mass is 490 g/mol. The Balaban J connectivity index is 1.20. The first-order chi connectivity index (χ1) is 16.9. The minimum atomic E-state index is -0.956. The van der Waals surface area contributed by atoms with Gasteiger partial charge in [-0.2, -0.15) is 4.98 Å². The van der Waals surface area contributed by atoms with Gasteiger partial charge in [0.05, 0.1) is 6.04 Å². The highest BCUT2D eigenvalue weighted by atomic mass is 19.2. The van der Waals surface area contributed by atoms with E-state index in [9.17, 15) is 22.8 Å². The summed E-state index contributed by atoms with van der Waals surface area (Å²) in [6.45, 7) is 1.53. The van der Waals surface area contributed by atoms with Crippen molar-refractivity contribution in [3.05, 3.63) is 51.9 Å². The molecule has 5 rings (SSSR count). The fraction of sp³-hybridized carbons (Fsp3) is 0.560. The van der Waals surface area contributed by atoms with Crippen molar-refractivity contribution in [3.8, 4) is 5.88 Å². The number of aromatic nitrogens is 2. The molecule has 0 saturated carbocycles. The maximum atomic E-state index is 13.5. The standard InChI is InChI=1S/C25H29F3N4O3/c26-17-10-21(29-12-17)22(33)6-3-15-1-4-18-13-32-24(31(18)8-7-15)11-23(30-25(32)34)35-14-16-2-5-19(27)20(28)9-16/h2,5,9,11,15,17-18,21,29H,1,3-4,6-8,10,12-14H2/t15?,17-,18?,21-/m0/s1. The number of ether oxygens (including phenoxy) is 1. The van der Waals surface area contributed by atoms with E-state index in [1.165, 1.54) is 6.07 Å². The Morgan fingerprint density at radius 1 is 1.17 bits per heavy atom. The molecule has 10 heteroatoms.